The number of nitrogens with one attached hydrogen (secondary N) is 2. The topological polar surface area (TPSA) is 65.2 Å². The van der Waals surface area contributed by atoms with E-state index in [1.54, 1.807) is 4.90 Å². The van der Waals surface area contributed by atoms with Crippen LogP contribution < -0.4 is 10.9 Å². The summed E-state index contributed by atoms with van der Waals surface area (Å²) >= 11 is 0. The molecule has 3 aromatic carbocycles. The average molecular weight is 426 g/mol. The summed E-state index contributed by atoms with van der Waals surface area (Å²) in [7, 11) is 0. The Hall–Kier alpha value is -3.86. The predicted molar refractivity (Wildman–Crippen MR) is 130 cm³/mol. The zero-order valence-corrected chi connectivity index (χ0v) is 18.4. The summed E-state index contributed by atoms with van der Waals surface area (Å²) in [6.45, 7) is 4.79. The zero-order chi connectivity index (χ0) is 22.5. The van der Waals surface area contributed by atoms with Crippen molar-refractivity contribution in [2.45, 2.75) is 26.8 Å². The molecule has 32 heavy (non-hydrogen) atoms. The highest BCUT2D eigenvalue weighted by Crippen LogP contribution is 2.16. The van der Waals surface area contributed by atoms with Gasteiger partial charge in [-0.1, -0.05) is 59.7 Å². The highest BCUT2D eigenvalue weighted by molar-refractivity contribution is 5.89. The van der Waals surface area contributed by atoms with Gasteiger partial charge in [-0.05, 0) is 61.5 Å². The minimum absolute atomic E-state index is 0.172. The molecule has 2 N–H and O–H groups in total. The SMILES string of the molecule is Cc1cccc(CCN(Cc2cc3cc(C)ccc3[nH]c2=O)C(=O)Nc2ccccc2)c1. The first-order chi connectivity index (χ1) is 15.5. The summed E-state index contributed by atoms with van der Waals surface area (Å²) in [6, 6.07) is 25.2. The number of hydrogen-bond donors (Lipinski definition) is 2. The van der Waals surface area contributed by atoms with E-state index in [0.717, 1.165) is 27.7 Å². The van der Waals surface area contributed by atoms with E-state index >= 15 is 0 Å². The summed E-state index contributed by atoms with van der Waals surface area (Å²) in [5.74, 6) is 0. The number of H-pyrrole nitrogens is 1. The van der Waals surface area contributed by atoms with E-state index < -0.39 is 0 Å². The van der Waals surface area contributed by atoms with Gasteiger partial charge in [-0.2, -0.15) is 0 Å². The van der Waals surface area contributed by atoms with Crippen LogP contribution >= 0.6 is 0 Å². The lowest BCUT2D eigenvalue weighted by Crippen LogP contribution is -2.37. The van der Waals surface area contributed by atoms with Crippen molar-refractivity contribution in [1.29, 1.82) is 0 Å². The Morgan fingerprint density at radius 2 is 1.69 bits per heavy atom. The van der Waals surface area contributed by atoms with Crippen molar-refractivity contribution >= 4 is 22.6 Å². The lowest BCUT2D eigenvalue weighted by Gasteiger charge is -2.23. The van der Waals surface area contributed by atoms with E-state index in [1.165, 1.54) is 5.56 Å². The first-order valence-electron chi connectivity index (χ1n) is 10.8. The van der Waals surface area contributed by atoms with Gasteiger partial charge in [0, 0.05) is 23.3 Å². The molecule has 5 heteroatoms. The van der Waals surface area contributed by atoms with E-state index in [2.05, 4.69) is 35.4 Å². The third kappa shape index (κ3) is 5.24. The van der Waals surface area contributed by atoms with Gasteiger partial charge >= 0.3 is 6.03 Å². The van der Waals surface area contributed by atoms with Gasteiger partial charge < -0.3 is 15.2 Å². The number of amides is 2. The number of pyridine rings is 1. The third-order valence-electron chi connectivity index (χ3n) is 5.50. The van der Waals surface area contributed by atoms with Gasteiger partial charge in [0.05, 0.1) is 6.54 Å². The van der Waals surface area contributed by atoms with Gasteiger partial charge in [0.1, 0.15) is 0 Å². The minimum Gasteiger partial charge on any atom is -0.322 e. The number of fused-ring (bicyclic) bond motifs is 1. The summed E-state index contributed by atoms with van der Waals surface area (Å²) in [5, 5.41) is 3.91. The third-order valence-corrected chi connectivity index (χ3v) is 5.50. The molecule has 0 radical (unpaired) electrons. The number of para-hydroxylation sites is 1. The Bertz CT molecular complexity index is 1300. The van der Waals surface area contributed by atoms with Crippen molar-refractivity contribution in [1.82, 2.24) is 9.88 Å². The van der Waals surface area contributed by atoms with Crippen LogP contribution in [0.15, 0.2) is 83.7 Å². The minimum atomic E-state index is -0.229. The normalized spacial score (nSPS) is 10.8. The molecule has 0 saturated heterocycles. The maximum Gasteiger partial charge on any atom is 0.322 e. The molecule has 1 aromatic heterocycles. The molecule has 0 saturated carbocycles. The van der Waals surface area contributed by atoms with Crippen molar-refractivity contribution in [2.75, 3.05) is 11.9 Å². The number of nitrogens with zero attached hydrogens (tertiary/aromatic N) is 1. The van der Waals surface area contributed by atoms with Gasteiger partial charge in [-0.3, -0.25) is 4.79 Å². The Labute approximate surface area is 187 Å². The number of benzene rings is 3. The molecule has 4 rings (SSSR count). The van der Waals surface area contributed by atoms with Gasteiger partial charge in [-0.15, -0.1) is 0 Å². The average Bonchev–Trinajstić information content (AvgIpc) is 2.78. The fourth-order valence-corrected chi connectivity index (χ4v) is 3.80. The van der Waals surface area contributed by atoms with Crippen LogP contribution in [0.5, 0.6) is 0 Å². The first-order valence-corrected chi connectivity index (χ1v) is 10.8. The lowest BCUT2D eigenvalue weighted by atomic mass is 10.1. The van der Waals surface area contributed by atoms with E-state index in [0.29, 0.717) is 18.5 Å². The summed E-state index contributed by atoms with van der Waals surface area (Å²) in [5.41, 5.74) is 5.37. The molecule has 5 nitrogen and oxygen atoms in total. The lowest BCUT2D eigenvalue weighted by molar-refractivity contribution is 0.209. The molecule has 0 fully saturated rings. The summed E-state index contributed by atoms with van der Waals surface area (Å²) in [6.07, 6.45) is 0.703. The molecule has 162 valence electrons. The first kappa shape index (κ1) is 21.4. The van der Waals surface area contributed by atoms with Gasteiger partial charge in [0.2, 0.25) is 0 Å². The Kier molecular flexibility index (Phi) is 6.36. The van der Waals surface area contributed by atoms with Crippen molar-refractivity contribution in [2.24, 2.45) is 0 Å². The second-order valence-electron chi connectivity index (χ2n) is 8.17. The van der Waals surface area contributed by atoms with Crippen LogP contribution in [0, 0.1) is 13.8 Å². The highest BCUT2D eigenvalue weighted by Gasteiger charge is 2.17. The van der Waals surface area contributed by atoms with Crippen molar-refractivity contribution in [3.05, 3.63) is 111 Å². The molecule has 0 spiro atoms. The Balaban J connectivity index is 1.60. The van der Waals surface area contributed by atoms with Gasteiger partial charge in [0.15, 0.2) is 0 Å². The predicted octanol–water partition coefficient (Wildman–Crippen LogP) is 5.42. The largest absolute Gasteiger partial charge is 0.322 e. The fraction of sp³-hybridized carbons (Fsp3) is 0.185. The maximum absolute atomic E-state index is 13.1. The molecule has 4 aromatic rings. The van der Waals surface area contributed by atoms with E-state index in [4.69, 9.17) is 0 Å². The zero-order valence-electron chi connectivity index (χ0n) is 18.4. The van der Waals surface area contributed by atoms with Crippen molar-refractivity contribution < 1.29 is 4.79 Å². The van der Waals surface area contributed by atoms with Crippen molar-refractivity contribution in [3.63, 3.8) is 0 Å². The Morgan fingerprint density at radius 3 is 2.47 bits per heavy atom. The highest BCUT2D eigenvalue weighted by atomic mass is 16.2. The second-order valence-corrected chi connectivity index (χ2v) is 8.17. The number of aromatic amines is 1. The Morgan fingerprint density at radius 1 is 0.906 bits per heavy atom. The number of anilines is 1. The van der Waals surface area contributed by atoms with E-state index in [-0.39, 0.29) is 18.1 Å². The van der Waals surface area contributed by atoms with Crippen LogP contribution in [0.25, 0.3) is 10.9 Å². The van der Waals surface area contributed by atoms with E-state index in [1.807, 2.05) is 67.6 Å². The van der Waals surface area contributed by atoms with Gasteiger partial charge in [-0.25, -0.2) is 4.79 Å². The number of aryl methyl sites for hydroxylation is 2. The maximum atomic E-state index is 13.1. The number of rotatable bonds is 6. The number of urea groups is 1. The smallest absolute Gasteiger partial charge is 0.322 e. The van der Waals surface area contributed by atoms with Crippen LogP contribution in [-0.2, 0) is 13.0 Å². The van der Waals surface area contributed by atoms with E-state index in [9.17, 15) is 9.59 Å². The van der Waals surface area contributed by atoms with Gasteiger partial charge in [0.25, 0.3) is 5.56 Å². The molecule has 0 unspecified atom stereocenters. The monoisotopic (exact) mass is 425 g/mol. The number of aromatic nitrogens is 1. The van der Waals surface area contributed by atoms with Crippen LogP contribution in [0.2, 0.25) is 0 Å². The molecule has 0 atom stereocenters. The van der Waals surface area contributed by atoms with Crippen LogP contribution in [0.4, 0.5) is 10.5 Å². The van der Waals surface area contributed by atoms with Crippen molar-refractivity contribution in [3.8, 4) is 0 Å². The molecule has 0 aliphatic rings. The quantitative estimate of drug-likeness (QED) is 0.433. The molecule has 0 aliphatic carbocycles. The van der Waals surface area contributed by atoms with Crippen LogP contribution in [0.3, 0.4) is 0 Å². The molecule has 2 amide bonds. The molecular weight excluding hydrogens is 398 g/mol. The standard InChI is InChI=1S/C27H27N3O2/c1-19-7-6-8-21(15-19)13-14-30(27(32)28-24-9-4-3-5-10-24)18-23-17-22-16-20(2)11-12-25(22)29-26(23)31/h3-12,15-17H,13-14,18H2,1-2H3,(H,28,32)(H,29,31). The number of carbonyl (C=O) groups is 1. The number of carbonyl (C=O) groups excluding carboxylic acids is 1. The second kappa shape index (κ2) is 9.52. The van der Waals surface area contributed by atoms with Crippen LogP contribution in [0.1, 0.15) is 22.3 Å². The number of hydrogen-bond acceptors (Lipinski definition) is 2. The van der Waals surface area contributed by atoms with Crippen LogP contribution in [-0.4, -0.2) is 22.5 Å². The molecule has 0 bridgehead atoms. The summed E-state index contributed by atoms with van der Waals surface area (Å²) in [4.78, 5) is 30.5. The fourth-order valence-electron chi connectivity index (χ4n) is 3.80. The molecule has 1 heterocycles. The summed E-state index contributed by atoms with van der Waals surface area (Å²) < 4.78 is 0. The molecule has 0 aliphatic heterocycles. The molecular formula is C27H27N3O2.